The molecule has 3 rings (SSSR count). The highest BCUT2D eigenvalue weighted by Crippen LogP contribution is 2.22. The number of carbonyl (C=O) groups is 3. The number of amides is 4. The van der Waals surface area contributed by atoms with Crippen molar-refractivity contribution in [1.29, 1.82) is 0 Å². The van der Waals surface area contributed by atoms with Gasteiger partial charge in [0.2, 0.25) is 5.91 Å². The van der Waals surface area contributed by atoms with E-state index in [-0.39, 0.29) is 29.9 Å². The number of ether oxygens (including phenoxy) is 1. The lowest BCUT2D eigenvalue weighted by atomic mass is 10.1. The molecule has 0 bridgehead atoms. The summed E-state index contributed by atoms with van der Waals surface area (Å²) in [5, 5.41) is 2.73. The molecule has 0 radical (unpaired) electrons. The summed E-state index contributed by atoms with van der Waals surface area (Å²) in [6, 6.07) is 9.16. The van der Waals surface area contributed by atoms with Gasteiger partial charge in [-0.15, -0.1) is 0 Å². The summed E-state index contributed by atoms with van der Waals surface area (Å²) in [5.74, 6) is -0.133. The van der Waals surface area contributed by atoms with Crippen molar-refractivity contribution in [3.8, 4) is 0 Å². The topological polar surface area (TPSA) is 79.0 Å². The second-order valence-corrected chi connectivity index (χ2v) is 7.80. The maximum Gasteiger partial charge on any atom is 0.324 e. The van der Waals surface area contributed by atoms with Gasteiger partial charge in [-0.3, -0.25) is 14.5 Å². The monoisotopic (exact) mass is 387 g/mol. The molecule has 0 aliphatic carbocycles. The number of imide groups is 1. The number of nitrogens with one attached hydrogen (secondary N) is 1. The van der Waals surface area contributed by atoms with E-state index in [1.807, 2.05) is 36.9 Å². The summed E-state index contributed by atoms with van der Waals surface area (Å²) in [6.07, 6.45) is 1.74. The number of likely N-dealkylation sites (tertiary alicyclic amines) is 1. The maximum atomic E-state index is 12.5. The van der Waals surface area contributed by atoms with Crippen LogP contribution in [0.25, 0.3) is 0 Å². The van der Waals surface area contributed by atoms with Crippen LogP contribution < -0.4 is 5.32 Å². The number of benzene rings is 1. The SMILES string of the molecule is CC(C)OCC[C@H]1NC(=O)N(C[C@@H]2CC(=O)N(CCc3ccccc3)C2)C1=O. The van der Waals surface area contributed by atoms with Crippen LogP contribution in [0.3, 0.4) is 0 Å². The highest BCUT2D eigenvalue weighted by atomic mass is 16.5. The molecule has 2 heterocycles. The van der Waals surface area contributed by atoms with Crippen molar-refractivity contribution in [3.05, 3.63) is 35.9 Å². The van der Waals surface area contributed by atoms with E-state index in [0.717, 1.165) is 6.42 Å². The van der Waals surface area contributed by atoms with Gasteiger partial charge in [-0.1, -0.05) is 30.3 Å². The average Bonchev–Trinajstić information content (AvgIpc) is 3.14. The minimum absolute atomic E-state index is 0.0105. The molecule has 2 aliphatic heterocycles. The van der Waals surface area contributed by atoms with Crippen LogP contribution in [0.1, 0.15) is 32.3 Å². The van der Waals surface area contributed by atoms with Crippen molar-refractivity contribution in [3.63, 3.8) is 0 Å². The predicted molar refractivity (Wildman–Crippen MR) is 105 cm³/mol. The largest absolute Gasteiger partial charge is 0.379 e. The first-order valence-corrected chi connectivity index (χ1v) is 9.99. The molecule has 2 atom stereocenters. The van der Waals surface area contributed by atoms with Gasteiger partial charge in [0.15, 0.2) is 0 Å². The second kappa shape index (κ2) is 9.19. The molecule has 1 aromatic rings. The third kappa shape index (κ3) is 5.10. The summed E-state index contributed by atoms with van der Waals surface area (Å²) in [6.45, 7) is 5.83. The number of urea groups is 1. The molecule has 0 spiro atoms. The molecule has 1 aromatic carbocycles. The number of rotatable bonds is 9. The van der Waals surface area contributed by atoms with Gasteiger partial charge in [-0.25, -0.2) is 4.79 Å². The van der Waals surface area contributed by atoms with E-state index >= 15 is 0 Å². The zero-order valence-electron chi connectivity index (χ0n) is 16.6. The van der Waals surface area contributed by atoms with Crippen LogP contribution in [0.2, 0.25) is 0 Å². The number of nitrogens with zero attached hydrogens (tertiary/aromatic N) is 2. The van der Waals surface area contributed by atoms with Crippen LogP contribution in [0.4, 0.5) is 4.79 Å². The molecular weight excluding hydrogens is 358 g/mol. The Kier molecular flexibility index (Phi) is 6.67. The predicted octanol–water partition coefficient (Wildman–Crippen LogP) is 1.81. The fourth-order valence-electron chi connectivity index (χ4n) is 3.73. The lowest BCUT2D eigenvalue weighted by Gasteiger charge is -2.19. The van der Waals surface area contributed by atoms with Crippen LogP contribution in [0.5, 0.6) is 0 Å². The molecule has 7 nitrogen and oxygen atoms in total. The third-order valence-electron chi connectivity index (χ3n) is 5.21. The third-order valence-corrected chi connectivity index (χ3v) is 5.21. The van der Waals surface area contributed by atoms with Crippen molar-refractivity contribution >= 4 is 17.8 Å². The molecule has 4 amide bonds. The van der Waals surface area contributed by atoms with Crippen molar-refractivity contribution in [1.82, 2.24) is 15.1 Å². The average molecular weight is 387 g/mol. The normalized spacial score (nSPS) is 22.5. The molecule has 2 fully saturated rings. The van der Waals surface area contributed by atoms with E-state index in [0.29, 0.717) is 39.1 Å². The fraction of sp³-hybridized carbons (Fsp3) is 0.571. The Balaban J connectivity index is 1.48. The molecule has 28 heavy (non-hydrogen) atoms. The van der Waals surface area contributed by atoms with Crippen LogP contribution >= 0.6 is 0 Å². The molecule has 0 aromatic heterocycles. The van der Waals surface area contributed by atoms with Gasteiger partial charge in [0.1, 0.15) is 6.04 Å². The minimum atomic E-state index is -0.530. The first-order chi connectivity index (χ1) is 13.4. The van der Waals surface area contributed by atoms with Crippen molar-refractivity contribution in [2.75, 3.05) is 26.2 Å². The van der Waals surface area contributed by atoms with Gasteiger partial charge in [-0.05, 0) is 25.8 Å². The number of hydrogen-bond donors (Lipinski definition) is 1. The first-order valence-electron chi connectivity index (χ1n) is 9.99. The molecule has 0 unspecified atom stereocenters. The standard InChI is InChI=1S/C21H29N3O4/c1-15(2)28-11-9-18-20(26)24(21(27)22-18)14-17-12-19(25)23(13-17)10-8-16-6-4-3-5-7-16/h3-7,15,17-18H,8-14H2,1-2H3,(H,22,27)/t17-,18-/m1/s1. The van der Waals surface area contributed by atoms with Gasteiger partial charge in [0.25, 0.3) is 5.91 Å². The maximum absolute atomic E-state index is 12.5. The van der Waals surface area contributed by atoms with Crippen LogP contribution in [0, 0.1) is 5.92 Å². The lowest BCUT2D eigenvalue weighted by molar-refractivity contribution is -0.129. The molecule has 1 N–H and O–H groups in total. The van der Waals surface area contributed by atoms with Gasteiger partial charge in [-0.2, -0.15) is 0 Å². The summed E-state index contributed by atoms with van der Waals surface area (Å²) in [5.41, 5.74) is 1.19. The van der Waals surface area contributed by atoms with Crippen molar-refractivity contribution in [2.45, 2.75) is 45.3 Å². The quantitative estimate of drug-likeness (QED) is 0.656. The van der Waals surface area contributed by atoms with Crippen molar-refractivity contribution in [2.24, 2.45) is 5.92 Å². The van der Waals surface area contributed by atoms with Crippen molar-refractivity contribution < 1.29 is 19.1 Å². The van der Waals surface area contributed by atoms with E-state index in [1.54, 1.807) is 0 Å². The Labute approximate surface area is 166 Å². The van der Waals surface area contributed by atoms with Gasteiger partial charge >= 0.3 is 6.03 Å². The highest BCUT2D eigenvalue weighted by Gasteiger charge is 2.40. The smallest absolute Gasteiger partial charge is 0.324 e. The molecule has 2 aliphatic rings. The minimum Gasteiger partial charge on any atom is -0.379 e. The van der Waals surface area contributed by atoms with Crippen LogP contribution in [-0.4, -0.2) is 66.0 Å². The molecule has 152 valence electrons. The fourth-order valence-corrected chi connectivity index (χ4v) is 3.73. The lowest BCUT2D eigenvalue weighted by Crippen LogP contribution is -2.37. The summed E-state index contributed by atoms with van der Waals surface area (Å²) in [7, 11) is 0. The van der Waals surface area contributed by atoms with E-state index in [4.69, 9.17) is 4.74 Å². The second-order valence-electron chi connectivity index (χ2n) is 7.80. The molecule has 7 heteroatoms. The Morgan fingerprint density at radius 1 is 1.18 bits per heavy atom. The van der Waals surface area contributed by atoms with Gasteiger partial charge < -0.3 is 15.0 Å². The van der Waals surface area contributed by atoms with Gasteiger partial charge in [0, 0.05) is 45.0 Å². The molecule has 2 saturated heterocycles. The Morgan fingerprint density at radius 2 is 1.93 bits per heavy atom. The van der Waals surface area contributed by atoms with Crippen LogP contribution in [-0.2, 0) is 20.7 Å². The zero-order chi connectivity index (χ0) is 20.1. The molecule has 0 saturated carbocycles. The number of hydrogen-bond acceptors (Lipinski definition) is 4. The number of carbonyl (C=O) groups excluding carboxylic acids is 3. The summed E-state index contributed by atoms with van der Waals surface area (Å²) < 4.78 is 5.47. The van der Waals surface area contributed by atoms with E-state index in [1.165, 1.54) is 10.5 Å². The molecular formula is C21H29N3O4. The highest BCUT2D eigenvalue weighted by molar-refractivity contribution is 6.04. The van der Waals surface area contributed by atoms with E-state index in [9.17, 15) is 14.4 Å². The Hall–Kier alpha value is -2.41. The Bertz CT molecular complexity index is 707. The first kappa shape index (κ1) is 20.3. The van der Waals surface area contributed by atoms with E-state index < -0.39 is 6.04 Å². The summed E-state index contributed by atoms with van der Waals surface area (Å²) >= 11 is 0. The zero-order valence-corrected chi connectivity index (χ0v) is 16.6. The van der Waals surface area contributed by atoms with Crippen LogP contribution in [0.15, 0.2) is 30.3 Å². The Morgan fingerprint density at radius 3 is 2.64 bits per heavy atom. The van der Waals surface area contributed by atoms with Gasteiger partial charge in [0.05, 0.1) is 6.10 Å². The summed E-state index contributed by atoms with van der Waals surface area (Å²) in [4.78, 5) is 40.2. The van der Waals surface area contributed by atoms with E-state index in [2.05, 4.69) is 17.4 Å².